The van der Waals surface area contributed by atoms with Crippen molar-refractivity contribution in [3.05, 3.63) is 41.7 Å². The zero-order valence-corrected chi connectivity index (χ0v) is 18.7. The van der Waals surface area contributed by atoms with Gasteiger partial charge in [-0.3, -0.25) is 4.90 Å². The summed E-state index contributed by atoms with van der Waals surface area (Å²) in [6.45, 7) is 7.15. The number of hydrogen-bond acceptors (Lipinski definition) is 5. The van der Waals surface area contributed by atoms with Crippen LogP contribution in [0.5, 0.6) is 0 Å². The molecule has 0 spiro atoms. The first-order valence-corrected chi connectivity index (χ1v) is 10.9. The van der Waals surface area contributed by atoms with Crippen molar-refractivity contribution in [3.8, 4) is 0 Å². The van der Waals surface area contributed by atoms with Gasteiger partial charge >= 0.3 is 6.03 Å². The number of aryl methyl sites for hydroxylation is 1. The van der Waals surface area contributed by atoms with Crippen molar-refractivity contribution < 1.29 is 4.79 Å². The minimum Gasteiger partial charge on any atom is -0.338 e. The Bertz CT molecular complexity index is 805. The number of tetrazole rings is 1. The third-order valence-electron chi connectivity index (χ3n) is 6.01. The number of hydrogen-bond donors (Lipinski definition) is 1. The molecule has 0 aliphatic carbocycles. The Hall–Kier alpha value is -2.48. The predicted octanol–water partition coefficient (Wildman–Crippen LogP) is 2.52. The van der Waals surface area contributed by atoms with Crippen LogP contribution in [-0.2, 0) is 18.5 Å². The Labute approximate surface area is 179 Å². The number of amides is 2. The number of carbonyl (C=O) groups excluding carboxylic acids is 1. The number of carbonyl (C=O) groups is 1. The van der Waals surface area contributed by atoms with E-state index in [0.717, 1.165) is 44.6 Å². The summed E-state index contributed by atoms with van der Waals surface area (Å²) >= 11 is 0. The molecule has 164 valence electrons. The van der Waals surface area contributed by atoms with Gasteiger partial charge in [0.15, 0.2) is 5.82 Å². The van der Waals surface area contributed by atoms with Crippen LogP contribution in [-0.4, -0.2) is 69.8 Å². The second-order valence-corrected chi connectivity index (χ2v) is 8.83. The van der Waals surface area contributed by atoms with Crippen molar-refractivity contribution in [1.29, 1.82) is 0 Å². The van der Waals surface area contributed by atoms with Crippen molar-refractivity contribution in [1.82, 2.24) is 35.3 Å². The smallest absolute Gasteiger partial charge is 0.317 e. The zero-order valence-electron chi connectivity index (χ0n) is 18.7. The van der Waals surface area contributed by atoms with Gasteiger partial charge in [-0.05, 0) is 61.7 Å². The molecule has 8 nitrogen and oxygen atoms in total. The molecule has 0 saturated carbocycles. The van der Waals surface area contributed by atoms with Crippen LogP contribution in [0, 0.1) is 5.92 Å². The van der Waals surface area contributed by atoms with Crippen LogP contribution in [0.3, 0.4) is 0 Å². The van der Waals surface area contributed by atoms with E-state index in [-0.39, 0.29) is 11.6 Å². The van der Waals surface area contributed by atoms with Gasteiger partial charge < -0.3 is 10.2 Å². The predicted molar refractivity (Wildman–Crippen MR) is 117 cm³/mol. The third kappa shape index (κ3) is 5.16. The normalized spacial score (nSPS) is 19.5. The summed E-state index contributed by atoms with van der Waals surface area (Å²) in [7, 11) is 4.11. The lowest BCUT2D eigenvalue weighted by Gasteiger charge is -2.45. The Balaban J connectivity index is 1.68. The van der Waals surface area contributed by atoms with E-state index in [1.807, 2.05) is 27.8 Å². The quantitative estimate of drug-likeness (QED) is 0.719. The van der Waals surface area contributed by atoms with Crippen LogP contribution in [0.4, 0.5) is 4.79 Å². The molecule has 1 aliphatic heterocycles. The molecular weight excluding hydrogens is 378 g/mol. The maximum atomic E-state index is 12.9. The second-order valence-electron chi connectivity index (χ2n) is 8.83. The Morgan fingerprint density at radius 1 is 1.27 bits per heavy atom. The molecule has 1 unspecified atom stereocenters. The molecule has 30 heavy (non-hydrogen) atoms. The summed E-state index contributed by atoms with van der Waals surface area (Å²) < 4.78 is 1.93. The second kappa shape index (κ2) is 10.0. The number of aromatic nitrogens is 4. The monoisotopic (exact) mass is 413 g/mol. The maximum absolute atomic E-state index is 12.9. The van der Waals surface area contributed by atoms with Crippen LogP contribution in [0.25, 0.3) is 0 Å². The van der Waals surface area contributed by atoms with E-state index in [1.54, 1.807) is 0 Å². The molecule has 2 amide bonds. The van der Waals surface area contributed by atoms with Crippen LogP contribution < -0.4 is 5.32 Å². The van der Waals surface area contributed by atoms with Gasteiger partial charge in [-0.1, -0.05) is 44.2 Å². The first-order valence-electron chi connectivity index (χ1n) is 10.9. The summed E-state index contributed by atoms with van der Waals surface area (Å²) in [5, 5.41) is 15.7. The molecule has 1 aliphatic rings. The van der Waals surface area contributed by atoms with Crippen LogP contribution in [0.15, 0.2) is 30.3 Å². The highest BCUT2D eigenvalue weighted by Gasteiger charge is 2.44. The minimum atomic E-state index is -0.379. The fourth-order valence-corrected chi connectivity index (χ4v) is 4.10. The highest BCUT2D eigenvalue weighted by atomic mass is 16.2. The SMILES string of the molecule is CC(C)CCn1nnnc1C1(N(C)C)CCCN(C(=O)NCCc2ccccc2)C1. The maximum Gasteiger partial charge on any atom is 0.317 e. The molecule has 8 heteroatoms. The lowest BCUT2D eigenvalue weighted by molar-refractivity contribution is 0.0456. The average molecular weight is 414 g/mol. The van der Waals surface area contributed by atoms with E-state index in [4.69, 9.17) is 0 Å². The number of nitrogens with one attached hydrogen (secondary N) is 1. The molecule has 1 aromatic carbocycles. The topological polar surface area (TPSA) is 79.2 Å². The molecule has 3 rings (SSSR count). The molecule has 2 heterocycles. The van der Waals surface area contributed by atoms with Crippen LogP contribution in [0.2, 0.25) is 0 Å². The van der Waals surface area contributed by atoms with Crippen molar-refractivity contribution in [2.75, 3.05) is 33.7 Å². The molecule has 0 bridgehead atoms. The van der Waals surface area contributed by atoms with Crippen LogP contribution >= 0.6 is 0 Å². The molecule has 1 N–H and O–H groups in total. The molecule has 0 radical (unpaired) electrons. The largest absolute Gasteiger partial charge is 0.338 e. The number of rotatable bonds is 8. The number of piperidine rings is 1. The van der Waals surface area contributed by atoms with Gasteiger partial charge in [-0.15, -0.1) is 5.10 Å². The van der Waals surface area contributed by atoms with Crippen LogP contribution in [0.1, 0.15) is 44.5 Å². The molecule has 2 aromatic rings. The summed E-state index contributed by atoms with van der Waals surface area (Å²) in [5.41, 5.74) is 0.846. The highest BCUT2D eigenvalue weighted by molar-refractivity contribution is 5.74. The summed E-state index contributed by atoms with van der Waals surface area (Å²) in [6.07, 6.45) is 3.69. The minimum absolute atomic E-state index is 0.0157. The molecule has 1 saturated heterocycles. The average Bonchev–Trinajstić information content (AvgIpc) is 3.22. The number of likely N-dealkylation sites (N-methyl/N-ethyl adjacent to an activating group) is 1. The number of benzene rings is 1. The lowest BCUT2D eigenvalue weighted by Crippen LogP contribution is -2.58. The number of likely N-dealkylation sites (tertiary alicyclic amines) is 1. The van der Waals surface area contributed by atoms with Gasteiger partial charge in [0.25, 0.3) is 0 Å². The van der Waals surface area contributed by atoms with Gasteiger partial charge in [-0.25, -0.2) is 9.48 Å². The Morgan fingerprint density at radius 3 is 2.73 bits per heavy atom. The molecule has 1 atom stereocenters. The standard InChI is InChI=1S/C22H35N7O/c1-18(2)12-16-29-20(24-25-26-29)22(27(3)4)13-8-15-28(17-22)21(30)23-14-11-19-9-6-5-7-10-19/h5-7,9-10,18H,8,11-17H2,1-4H3,(H,23,30). The van der Waals surface area contributed by atoms with Gasteiger partial charge in [0, 0.05) is 26.2 Å². The summed E-state index contributed by atoms with van der Waals surface area (Å²) in [5.74, 6) is 1.44. The number of nitrogens with zero attached hydrogens (tertiary/aromatic N) is 6. The van der Waals surface area contributed by atoms with Gasteiger partial charge in [-0.2, -0.15) is 0 Å². The van der Waals surface area contributed by atoms with Gasteiger partial charge in [0.2, 0.25) is 0 Å². The van der Waals surface area contributed by atoms with Crippen molar-refractivity contribution in [2.45, 2.75) is 51.6 Å². The van der Waals surface area contributed by atoms with E-state index < -0.39 is 0 Å². The van der Waals surface area contributed by atoms with E-state index in [9.17, 15) is 4.79 Å². The van der Waals surface area contributed by atoms with E-state index >= 15 is 0 Å². The fraction of sp³-hybridized carbons (Fsp3) is 0.636. The van der Waals surface area contributed by atoms with Gasteiger partial charge in [0.1, 0.15) is 5.54 Å². The highest BCUT2D eigenvalue weighted by Crippen LogP contribution is 2.34. The molecular formula is C22H35N7O. The lowest BCUT2D eigenvalue weighted by atomic mass is 9.86. The van der Waals surface area contributed by atoms with E-state index in [0.29, 0.717) is 19.0 Å². The third-order valence-corrected chi connectivity index (χ3v) is 6.01. The fourth-order valence-electron chi connectivity index (χ4n) is 4.10. The van der Waals surface area contributed by atoms with Crippen molar-refractivity contribution in [2.24, 2.45) is 5.92 Å². The molecule has 1 aromatic heterocycles. The van der Waals surface area contributed by atoms with Gasteiger partial charge in [0.05, 0.1) is 0 Å². The zero-order chi connectivity index (χ0) is 21.6. The van der Waals surface area contributed by atoms with E-state index in [1.165, 1.54) is 5.56 Å². The summed E-state index contributed by atoms with van der Waals surface area (Å²) in [6, 6.07) is 10.2. The van der Waals surface area contributed by atoms with Crippen molar-refractivity contribution in [3.63, 3.8) is 0 Å². The molecule has 1 fully saturated rings. The van der Waals surface area contributed by atoms with Crippen molar-refractivity contribution >= 4 is 6.03 Å². The number of urea groups is 1. The first-order chi connectivity index (χ1) is 14.4. The van der Waals surface area contributed by atoms with E-state index in [2.05, 4.69) is 65.8 Å². The Morgan fingerprint density at radius 2 is 2.03 bits per heavy atom. The first kappa shape index (κ1) is 22.2. The summed E-state index contributed by atoms with van der Waals surface area (Å²) in [4.78, 5) is 17.0. The Kier molecular flexibility index (Phi) is 7.42.